The van der Waals surface area contributed by atoms with E-state index in [1.165, 1.54) is 38.3 Å². The van der Waals surface area contributed by atoms with Gasteiger partial charge in [0.05, 0.1) is 34.8 Å². The van der Waals surface area contributed by atoms with Gasteiger partial charge in [-0.2, -0.15) is 17.5 Å². The van der Waals surface area contributed by atoms with Gasteiger partial charge in [-0.05, 0) is 42.5 Å². The van der Waals surface area contributed by atoms with Crippen LogP contribution in [0.1, 0.15) is 12.5 Å². The molecule has 1 N–H and O–H groups in total. The molecule has 2 rings (SSSR count). The lowest BCUT2D eigenvalue weighted by molar-refractivity contribution is -0.137. The molecule has 0 aliphatic heterocycles. The lowest BCUT2D eigenvalue weighted by Gasteiger charge is -2.20. The number of amides is 1. The van der Waals surface area contributed by atoms with Crippen molar-refractivity contribution in [2.75, 3.05) is 25.5 Å². The molecule has 2 aromatic carbocycles. The Kier molecular flexibility index (Phi) is 7.15. The summed E-state index contributed by atoms with van der Waals surface area (Å²) < 4.78 is 69.9. The van der Waals surface area contributed by atoms with E-state index in [0.717, 1.165) is 16.4 Å². The van der Waals surface area contributed by atoms with Gasteiger partial charge in [-0.15, -0.1) is 0 Å². The Labute approximate surface area is 171 Å². The van der Waals surface area contributed by atoms with E-state index in [1.807, 2.05) is 0 Å². The van der Waals surface area contributed by atoms with Crippen LogP contribution >= 0.6 is 11.6 Å². The number of methoxy groups -OCH3 is 1. The van der Waals surface area contributed by atoms with Crippen LogP contribution in [0.5, 0.6) is 5.75 Å². The zero-order valence-corrected chi connectivity index (χ0v) is 17.0. The SMILES string of the molecule is CCN(CC(=O)Nc1cc(C(F)(F)F)ccc1Cl)S(=O)(=O)c1ccc(OC)cc1. The summed E-state index contributed by atoms with van der Waals surface area (Å²) in [5.74, 6) is -0.367. The predicted octanol–water partition coefficient (Wildman–Crippen LogP) is 4.02. The highest BCUT2D eigenvalue weighted by Gasteiger charge is 2.31. The number of halogens is 4. The van der Waals surface area contributed by atoms with E-state index in [1.54, 1.807) is 0 Å². The largest absolute Gasteiger partial charge is 0.497 e. The van der Waals surface area contributed by atoms with Crippen molar-refractivity contribution in [2.45, 2.75) is 18.0 Å². The quantitative estimate of drug-likeness (QED) is 0.691. The Balaban J connectivity index is 2.19. The average Bonchev–Trinajstić information content (AvgIpc) is 2.66. The van der Waals surface area contributed by atoms with Crippen LogP contribution < -0.4 is 10.1 Å². The maximum atomic E-state index is 12.8. The number of benzene rings is 2. The first kappa shape index (κ1) is 23.0. The van der Waals surface area contributed by atoms with Crippen molar-refractivity contribution >= 4 is 33.2 Å². The summed E-state index contributed by atoms with van der Waals surface area (Å²) in [7, 11) is -2.57. The number of nitrogens with zero attached hydrogens (tertiary/aromatic N) is 1. The van der Waals surface area contributed by atoms with Gasteiger partial charge in [-0.25, -0.2) is 8.42 Å². The molecule has 0 aliphatic carbocycles. The third-order valence-corrected chi connectivity index (χ3v) is 6.20. The van der Waals surface area contributed by atoms with E-state index >= 15 is 0 Å². The van der Waals surface area contributed by atoms with Crippen LogP contribution in [0.25, 0.3) is 0 Å². The third kappa shape index (κ3) is 5.62. The second-order valence-electron chi connectivity index (χ2n) is 5.85. The van der Waals surface area contributed by atoms with E-state index in [-0.39, 0.29) is 22.2 Å². The summed E-state index contributed by atoms with van der Waals surface area (Å²) in [6.45, 7) is 0.904. The van der Waals surface area contributed by atoms with E-state index in [2.05, 4.69) is 5.32 Å². The number of hydrogen-bond acceptors (Lipinski definition) is 4. The third-order valence-electron chi connectivity index (χ3n) is 3.94. The number of anilines is 1. The summed E-state index contributed by atoms with van der Waals surface area (Å²) in [5.41, 5.74) is -1.25. The maximum absolute atomic E-state index is 12.8. The highest BCUT2D eigenvalue weighted by Crippen LogP contribution is 2.33. The fourth-order valence-corrected chi connectivity index (χ4v) is 3.98. The number of sulfonamides is 1. The van der Waals surface area contributed by atoms with Crippen LogP contribution in [-0.4, -0.2) is 38.8 Å². The van der Waals surface area contributed by atoms with E-state index in [4.69, 9.17) is 16.3 Å². The predicted molar refractivity (Wildman–Crippen MR) is 103 cm³/mol. The summed E-state index contributed by atoms with van der Waals surface area (Å²) >= 11 is 5.85. The van der Waals surface area contributed by atoms with Gasteiger partial charge in [0.1, 0.15) is 5.75 Å². The second-order valence-corrected chi connectivity index (χ2v) is 8.19. The van der Waals surface area contributed by atoms with Gasteiger partial charge in [0.25, 0.3) is 0 Å². The molecule has 0 bridgehead atoms. The molecule has 6 nitrogen and oxygen atoms in total. The van der Waals surface area contributed by atoms with Crippen LogP contribution in [0.4, 0.5) is 18.9 Å². The zero-order chi connectivity index (χ0) is 21.8. The Morgan fingerprint density at radius 2 is 1.79 bits per heavy atom. The molecule has 0 unspecified atom stereocenters. The van der Waals surface area contributed by atoms with Crippen molar-refractivity contribution in [2.24, 2.45) is 0 Å². The first-order chi connectivity index (χ1) is 13.5. The van der Waals surface area contributed by atoms with Crippen LogP contribution in [0.15, 0.2) is 47.4 Å². The molecule has 29 heavy (non-hydrogen) atoms. The molecular weight excluding hydrogens is 433 g/mol. The summed E-state index contributed by atoms with van der Waals surface area (Å²) in [4.78, 5) is 12.2. The Bertz CT molecular complexity index is 980. The van der Waals surface area contributed by atoms with Gasteiger partial charge in [0.15, 0.2) is 0 Å². The molecule has 2 aromatic rings. The molecule has 0 fully saturated rings. The standard InChI is InChI=1S/C18H18ClF3N2O4S/c1-3-24(29(26,27)14-7-5-13(28-2)6-8-14)11-17(25)23-16-10-12(18(20,21)22)4-9-15(16)19/h4-10H,3,11H2,1-2H3,(H,23,25). The summed E-state index contributed by atoms with van der Waals surface area (Å²) in [6, 6.07) is 8.06. The van der Waals surface area contributed by atoms with Gasteiger partial charge >= 0.3 is 6.18 Å². The lowest BCUT2D eigenvalue weighted by Crippen LogP contribution is -2.37. The minimum absolute atomic E-state index is 0.0297. The van der Waals surface area contributed by atoms with Crippen LogP contribution in [0.3, 0.4) is 0 Å². The molecule has 158 valence electrons. The van der Waals surface area contributed by atoms with Crippen LogP contribution in [-0.2, 0) is 21.0 Å². The Morgan fingerprint density at radius 3 is 2.31 bits per heavy atom. The Morgan fingerprint density at radius 1 is 1.17 bits per heavy atom. The number of ether oxygens (including phenoxy) is 1. The first-order valence-corrected chi connectivity index (χ1v) is 10.1. The minimum atomic E-state index is -4.61. The molecule has 0 aliphatic rings. The van der Waals surface area contributed by atoms with E-state index in [9.17, 15) is 26.4 Å². The van der Waals surface area contributed by atoms with Gasteiger partial charge in [-0.1, -0.05) is 18.5 Å². The van der Waals surface area contributed by atoms with Gasteiger partial charge in [-0.3, -0.25) is 4.79 Å². The number of rotatable bonds is 7. The van der Waals surface area contributed by atoms with Crippen LogP contribution in [0, 0.1) is 0 Å². The molecule has 11 heteroatoms. The minimum Gasteiger partial charge on any atom is -0.497 e. The number of hydrogen-bond donors (Lipinski definition) is 1. The molecule has 0 saturated carbocycles. The smallest absolute Gasteiger partial charge is 0.416 e. The van der Waals surface area contributed by atoms with Crippen molar-refractivity contribution in [3.8, 4) is 5.75 Å². The molecule has 0 heterocycles. The van der Waals surface area contributed by atoms with Crippen LogP contribution in [0.2, 0.25) is 5.02 Å². The molecule has 0 atom stereocenters. The second kappa shape index (κ2) is 9.02. The molecule has 0 saturated heterocycles. The fourth-order valence-electron chi connectivity index (χ4n) is 2.41. The number of likely N-dealkylation sites (N-methyl/N-ethyl adjacent to an activating group) is 1. The molecule has 1 amide bonds. The van der Waals surface area contributed by atoms with Crippen molar-refractivity contribution in [1.29, 1.82) is 0 Å². The van der Waals surface area contributed by atoms with Crippen molar-refractivity contribution in [3.05, 3.63) is 53.1 Å². The molecule has 0 radical (unpaired) electrons. The van der Waals surface area contributed by atoms with Gasteiger partial charge in [0, 0.05) is 6.54 Å². The molecule has 0 spiro atoms. The number of carbonyl (C=O) groups excluding carboxylic acids is 1. The zero-order valence-electron chi connectivity index (χ0n) is 15.5. The topological polar surface area (TPSA) is 75.7 Å². The lowest BCUT2D eigenvalue weighted by atomic mass is 10.2. The van der Waals surface area contributed by atoms with Crippen molar-refractivity contribution < 1.29 is 31.1 Å². The molecule has 0 aromatic heterocycles. The highest BCUT2D eigenvalue weighted by atomic mass is 35.5. The number of alkyl halides is 3. The average molecular weight is 451 g/mol. The maximum Gasteiger partial charge on any atom is 0.416 e. The summed E-state index contributed by atoms with van der Waals surface area (Å²) in [6.07, 6.45) is -4.61. The van der Waals surface area contributed by atoms with E-state index in [0.29, 0.717) is 11.8 Å². The normalized spacial score (nSPS) is 12.1. The van der Waals surface area contributed by atoms with Gasteiger partial charge in [0.2, 0.25) is 15.9 Å². The van der Waals surface area contributed by atoms with Gasteiger partial charge < -0.3 is 10.1 Å². The first-order valence-electron chi connectivity index (χ1n) is 8.29. The number of carbonyl (C=O) groups is 1. The monoisotopic (exact) mass is 450 g/mol. The van der Waals surface area contributed by atoms with E-state index < -0.39 is 34.2 Å². The Hall–Kier alpha value is -2.30. The van der Waals surface area contributed by atoms with Crippen molar-refractivity contribution in [1.82, 2.24) is 4.31 Å². The summed E-state index contributed by atoms with van der Waals surface area (Å²) in [5, 5.41) is 2.13. The highest BCUT2D eigenvalue weighted by molar-refractivity contribution is 7.89. The molecular formula is C18H18ClF3N2O4S. The number of nitrogens with one attached hydrogen (secondary N) is 1. The van der Waals surface area contributed by atoms with Crippen molar-refractivity contribution in [3.63, 3.8) is 0 Å². The fraction of sp³-hybridized carbons (Fsp3) is 0.278.